The molecule has 0 amide bonds. The van der Waals surface area contributed by atoms with E-state index in [1.807, 2.05) is 0 Å². The molecule has 1 heterocycles. The predicted molar refractivity (Wildman–Crippen MR) is 96.2 cm³/mol. The first kappa shape index (κ1) is 19.9. The summed E-state index contributed by atoms with van der Waals surface area (Å²) in [4.78, 5) is 2.44. The van der Waals surface area contributed by atoms with Gasteiger partial charge in [0.2, 0.25) is 0 Å². The van der Waals surface area contributed by atoms with Crippen LogP contribution in [0.3, 0.4) is 0 Å². The molecular weight excluding hydrogens is 272 g/mol. The standard InChI is InChI=1S/C10H22N2O.C9H18/c1-9(2)3-5-12-6-4-11-10(7-12)8-13;1-8(2)9-6-4-3-5-7-9/h9-11,13H,3-8H2,1-2H3;8-9H,3-7H2,1-2H3. The van der Waals surface area contributed by atoms with E-state index in [0.29, 0.717) is 6.04 Å². The van der Waals surface area contributed by atoms with Crippen LogP contribution in [0.25, 0.3) is 0 Å². The second-order valence-corrected chi connectivity index (χ2v) is 7.96. The van der Waals surface area contributed by atoms with Crippen LogP contribution in [0, 0.1) is 17.8 Å². The Morgan fingerprint density at radius 2 is 1.77 bits per heavy atom. The summed E-state index contributed by atoms with van der Waals surface area (Å²) in [5.74, 6) is 2.77. The van der Waals surface area contributed by atoms with Crippen molar-refractivity contribution in [1.82, 2.24) is 10.2 Å². The van der Waals surface area contributed by atoms with E-state index in [4.69, 9.17) is 5.11 Å². The van der Waals surface area contributed by atoms with Gasteiger partial charge in [0.05, 0.1) is 6.61 Å². The minimum absolute atomic E-state index is 0.262. The fourth-order valence-electron chi connectivity index (χ4n) is 3.46. The monoisotopic (exact) mass is 312 g/mol. The molecule has 0 aromatic carbocycles. The van der Waals surface area contributed by atoms with Gasteiger partial charge in [-0.25, -0.2) is 0 Å². The zero-order valence-corrected chi connectivity index (χ0v) is 15.5. The molecule has 2 rings (SSSR count). The highest BCUT2D eigenvalue weighted by molar-refractivity contribution is 4.77. The molecule has 132 valence electrons. The second-order valence-electron chi connectivity index (χ2n) is 7.96. The largest absolute Gasteiger partial charge is 0.395 e. The molecule has 1 aliphatic carbocycles. The molecule has 1 saturated heterocycles. The van der Waals surface area contributed by atoms with E-state index < -0.39 is 0 Å². The lowest BCUT2D eigenvalue weighted by Crippen LogP contribution is -2.52. The van der Waals surface area contributed by atoms with Crippen LogP contribution >= 0.6 is 0 Å². The summed E-state index contributed by atoms with van der Waals surface area (Å²) in [5.41, 5.74) is 0. The Hall–Kier alpha value is -0.120. The molecule has 3 nitrogen and oxygen atoms in total. The van der Waals surface area contributed by atoms with Gasteiger partial charge in [-0.3, -0.25) is 0 Å². The van der Waals surface area contributed by atoms with E-state index in [1.165, 1.54) is 45.1 Å². The molecule has 0 aromatic rings. The Morgan fingerprint density at radius 3 is 2.27 bits per heavy atom. The third-order valence-electron chi connectivity index (χ3n) is 5.18. The first-order valence-corrected chi connectivity index (χ1v) is 9.59. The third kappa shape index (κ3) is 8.50. The number of nitrogens with one attached hydrogen (secondary N) is 1. The van der Waals surface area contributed by atoms with Gasteiger partial charge >= 0.3 is 0 Å². The van der Waals surface area contributed by atoms with Crippen LogP contribution < -0.4 is 5.32 Å². The van der Waals surface area contributed by atoms with Gasteiger partial charge in [0.25, 0.3) is 0 Å². The Morgan fingerprint density at radius 1 is 1.09 bits per heavy atom. The van der Waals surface area contributed by atoms with E-state index in [0.717, 1.165) is 37.4 Å². The summed E-state index contributed by atoms with van der Waals surface area (Å²) in [6, 6.07) is 0.293. The highest BCUT2D eigenvalue weighted by atomic mass is 16.3. The van der Waals surface area contributed by atoms with Crippen molar-refractivity contribution in [2.45, 2.75) is 72.3 Å². The molecule has 0 spiro atoms. The van der Waals surface area contributed by atoms with Gasteiger partial charge in [0, 0.05) is 25.7 Å². The number of hydrogen-bond acceptors (Lipinski definition) is 3. The molecule has 2 fully saturated rings. The zero-order valence-electron chi connectivity index (χ0n) is 15.5. The van der Waals surface area contributed by atoms with Gasteiger partial charge in [-0.05, 0) is 30.7 Å². The zero-order chi connectivity index (χ0) is 16.4. The molecule has 2 aliphatic rings. The van der Waals surface area contributed by atoms with Gasteiger partial charge in [-0.2, -0.15) is 0 Å². The number of aliphatic hydroxyl groups excluding tert-OH is 1. The molecule has 3 heteroatoms. The molecular formula is C19H40N2O. The van der Waals surface area contributed by atoms with Crippen LogP contribution in [0.15, 0.2) is 0 Å². The molecule has 1 atom stereocenters. The number of piperazine rings is 1. The minimum atomic E-state index is 0.262. The van der Waals surface area contributed by atoms with Crippen molar-refractivity contribution in [2.24, 2.45) is 17.8 Å². The van der Waals surface area contributed by atoms with Crippen molar-refractivity contribution in [3.63, 3.8) is 0 Å². The molecule has 2 N–H and O–H groups in total. The van der Waals surface area contributed by atoms with Gasteiger partial charge < -0.3 is 15.3 Å². The fraction of sp³-hybridized carbons (Fsp3) is 1.00. The molecule has 1 unspecified atom stereocenters. The van der Waals surface area contributed by atoms with Crippen LogP contribution in [0.1, 0.15) is 66.2 Å². The maximum Gasteiger partial charge on any atom is 0.0597 e. The Kier molecular flexibility index (Phi) is 10.3. The summed E-state index contributed by atoms with van der Waals surface area (Å²) in [6.45, 7) is 13.8. The highest BCUT2D eigenvalue weighted by Crippen LogP contribution is 2.29. The average molecular weight is 313 g/mol. The van der Waals surface area contributed by atoms with E-state index >= 15 is 0 Å². The molecule has 0 radical (unpaired) electrons. The maximum absolute atomic E-state index is 9.00. The topological polar surface area (TPSA) is 35.5 Å². The number of nitrogens with zero attached hydrogens (tertiary/aromatic N) is 1. The van der Waals surface area contributed by atoms with Crippen molar-refractivity contribution in [3.05, 3.63) is 0 Å². The quantitative estimate of drug-likeness (QED) is 0.815. The van der Waals surface area contributed by atoms with E-state index in [-0.39, 0.29) is 6.61 Å². The van der Waals surface area contributed by atoms with Gasteiger partial charge in [-0.15, -0.1) is 0 Å². The smallest absolute Gasteiger partial charge is 0.0597 e. The summed E-state index contributed by atoms with van der Waals surface area (Å²) in [6.07, 6.45) is 8.72. The molecule has 0 bridgehead atoms. The van der Waals surface area contributed by atoms with Crippen molar-refractivity contribution < 1.29 is 5.11 Å². The maximum atomic E-state index is 9.00. The van der Waals surface area contributed by atoms with Gasteiger partial charge in [-0.1, -0.05) is 59.8 Å². The van der Waals surface area contributed by atoms with Crippen LogP contribution in [-0.4, -0.2) is 48.8 Å². The lowest BCUT2D eigenvalue weighted by molar-refractivity contribution is 0.144. The summed E-state index contributed by atoms with van der Waals surface area (Å²) in [7, 11) is 0. The van der Waals surface area contributed by atoms with Crippen LogP contribution in [0.5, 0.6) is 0 Å². The second kappa shape index (κ2) is 11.4. The van der Waals surface area contributed by atoms with Gasteiger partial charge in [0.1, 0.15) is 0 Å². The summed E-state index contributed by atoms with van der Waals surface area (Å²) >= 11 is 0. The first-order valence-electron chi connectivity index (χ1n) is 9.59. The highest BCUT2D eigenvalue weighted by Gasteiger charge is 2.18. The third-order valence-corrected chi connectivity index (χ3v) is 5.18. The first-order chi connectivity index (χ1) is 10.5. The molecule has 1 aliphatic heterocycles. The lowest BCUT2D eigenvalue weighted by Gasteiger charge is -2.33. The predicted octanol–water partition coefficient (Wildman–Crippen LogP) is 3.52. The lowest BCUT2D eigenvalue weighted by atomic mass is 9.82. The SMILES string of the molecule is CC(C)C1CCCCC1.CC(C)CCN1CCNC(CO)C1. The normalized spacial score (nSPS) is 24.4. The van der Waals surface area contributed by atoms with E-state index in [1.54, 1.807) is 0 Å². The van der Waals surface area contributed by atoms with E-state index in [2.05, 4.69) is 37.9 Å². The molecule has 1 saturated carbocycles. The minimum Gasteiger partial charge on any atom is -0.395 e. The Labute approximate surface area is 138 Å². The molecule has 22 heavy (non-hydrogen) atoms. The van der Waals surface area contributed by atoms with Crippen LogP contribution in [0.2, 0.25) is 0 Å². The van der Waals surface area contributed by atoms with Gasteiger partial charge in [0.15, 0.2) is 0 Å². The summed E-state index contributed by atoms with van der Waals surface area (Å²) < 4.78 is 0. The number of aliphatic hydroxyl groups is 1. The van der Waals surface area contributed by atoms with Crippen molar-refractivity contribution >= 4 is 0 Å². The van der Waals surface area contributed by atoms with Crippen molar-refractivity contribution in [2.75, 3.05) is 32.8 Å². The molecule has 0 aromatic heterocycles. The van der Waals surface area contributed by atoms with Crippen LogP contribution in [0.4, 0.5) is 0 Å². The van der Waals surface area contributed by atoms with Crippen molar-refractivity contribution in [3.8, 4) is 0 Å². The fourth-order valence-corrected chi connectivity index (χ4v) is 3.46. The summed E-state index contributed by atoms with van der Waals surface area (Å²) in [5, 5.41) is 12.3. The van der Waals surface area contributed by atoms with E-state index in [9.17, 15) is 0 Å². The van der Waals surface area contributed by atoms with Crippen LogP contribution in [-0.2, 0) is 0 Å². The Bertz CT molecular complexity index is 262. The number of hydrogen-bond donors (Lipinski definition) is 2. The number of rotatable bonds is 5. The van der Waals surface area contributed by atoms with Crippen molar-refractivity contribution in [1.29, 1.82) is 0 Å². The Balaban J connectivity index is 0.000000235. The average Bonchev–Trinajstić information content (AvgIpc) is 2.54.